The molecule has 0 radical (unpaired) electrons. The van der Waals surface area contributed by atoms with E-state index in [-0.39, 0.29) is 11.9 Å². The zero-order valence-corrected chi connectivity index (χ0v) is 14.6. The molecule has 10 heteroatoms. The molecule has 3 aromatic heterocycles. The summed E-state index contributed by atoms with van der Waals surface area (Å²) in [7, 11) is 0. The van der Waals surface area contributed by atoms with Gasteiger partial charge < -0.3 is 10.2 Å². The lowest BCUT2D eigenvalue weighted by atomic mass is 10.0. The minimum atomic E-state index is -4.48. The monoisotopic (exact) mass is 387 g/mol. The van der Waals surface area contributed by atoms with Crippen LogP contribution < -0.4 is 10.2 Å². The topological polar surface area (TPSA) is 79.7 Å². The molecule has 28 heavy (non-hydrogen) atoms. The molecule has 0 aliphatic carbocycles. The first-order valence-corrected chi connectivity index (χ1v) is 8.62. The van der Waals surface area contributed by atoms with E-state index >= 15 is 0 Å². The van der Waals surface area contributed by atoms with Crippen LogP contribution in [0.3, 0.4) is 0 Å². The highest BCUT2D eigenvalue weighted by molar-refractivity contribution is 5.59. The minimum absolute atomic E-state index is 0.0187. The van der Waals surface area contributed by atoms with Crippen LogP contribution in [0.2, 0.25) is 0 Å². The molecular formula is C18H16F3N7. The van der Waals surface area contributed by atoms with Crippen LogP contribution in [-0.2, 0) is 6.18 Å². The van der Waals surface area contributed by atoms with Gasteiger partial charge in [0, 0.05) is 49.7 Å². The Kier molecular flexibility index (Phi) is 4.76. The maximum atomic E-state index is 12.7. The van der Waals surface area contributed by atoms with Crippen molar-refractivity contribution in [1.82, 2.24) is 25.1 Å². The van der Waals surface area contributed by atoms with Gasteiger partial charge >= 0.3 is 6.18 Å². The molecule has 144 valence electrons. The van der Waals surface area contributed by atoms with Crippen molar-refractivity contribution < 1.29 is 13.2 Å². The van der Waals surface area contributed by atoms with Crippen molar-refractivity contribution in [2.24, 2.45) is 5.92 Å². The highest BCUT2D eigenvalue weighted by Crippen LogP contribution is 2.28. The van der Waals surface area contributed by atoms with E-state index in [0.29, 0.717) is 6.54 Å². The van der Waals surface area contributed by atoms with E-state index in [1.54, 1.807) is 12.4 Å². The fourth-order valence-corrected chi connectivity index (χ4v) is 2.89. The van der Waals surface area contributed by atoms with Gasteiger partial charge in [0.15, 0.2) is 5.82 Å². The lowest BCUT2D eigenvalue weighted by Crippen LogP contribution is -2.50. The molecule has 0 bridgehead atoms. The van der Waals surface area contributed by atoms with Crippen LogP contribution in [0.15, 0.2) is 48.9 Å². The molecule has 0 atom stereocenters. The van der Waals surface area contributed by atoms with Gasteiger partial charge in [0.2, 0.25) is 5.95 Å². The highest BCUT2D eigenvalue weighted by Gasteiger charge is 2.33. The Bertz CT molecular complexity index is 926. The summed E-state index contributed by atoms with van der Waals surface area (Å²) < 4.78 is 38.0. The second-order valence-electron chi connectivity index (χ2n) is 6.43. The standard InChI is InChI=1S/C18H16F3N7/c19-18(20,21)15-5-8-23-17(25-15)24-9-12-10-28(11-12)16-2-1-14(26-27-16)13-3-6-22-7-4-13/h1-8,12H,9-11H2,(H,23,24,25). The molecule has 7 nitrogen and oxygen atoms in total. The molecule has 0 unspecified atom stereocenters. The van der Waals surface area contributed by atoms with E-state index < -0.39 is 11.9 Å². The summed E-state index contributed by atoms with van der Waals surface area (Å²) >= 11 is 0. The number of halogens is 3. The van der Waals surface area contributed by atoms with Crippen LogP contribution in [0.25, 0.3) is 11.3 Å². The first-order chi connectivity index (χ1) is 13.5. The van der Waals surface area contributed by atoms with Gasteiger partial charge in [-0.25, -0.2) is 9.97 Å². The van der Waals surface area contributed by atoms with E-state index in [1.807, 2.05) is 24.3 Å². The Balaban J connectivity index is 1.29. The molecule has 1 N–H and O–H groups in total. The normalized spacial score (nSPS) is 14.6. The third-order valence-electron chi connectivity index (χ3n) is 4.40. The number of nitrogens with zero attached hydrogens (tertiary/aromatic N) is 6. The maximum Gasteiger partial charge on any atom is 0.433 e. The van der Waals surface area contributed by atoms with Gasteiger partial charge in [0.25, 0.3) is 0 Å². The Hall–Kier alpha value is -3.30. The fraction of sp³-hybridized carbons (Fsp3) is 0.278. The summed E-state index contributed by atoms with van der Waals surface area (Å²) in [5.41, 5.74) is 0.761. The first-order valence-electron chi connectivity index (χ1n) is 8.62. The molecular weight excluding hydrogens is 371 g/mol. The predicted octanol–water partition coefficient (Wildman–Crippen LogP) is 2.90. The van der Waals surface area contributed by atoms with Crippen LogP contribution in [-0.4, -0.2) is 44.8 Å². The van der Waals surface area contributed by atoms with E-state index in [0.717, 1.165) is 42.4 Å². The molecule has 1 aliphatic heterocycles. The van der Waals surface area contributed by atoms with Crippen LogP contribution in [0.5, 0.6) is 0 Å². The van der Waals surface area contributed by atoms with Crippen LogP contribution in [0.4, 0.5) is 24.9 Å². The van der Waals surface area contributed by atoms with E-state index in [4.69, 9.17) is 0 Å². The minimum Gasteiger partial charge on any atom is -0.354 e. The van der Waals surface area contributed by atoms with Crippen LogP contribution >= 0.6 is 0 Å². The summed E-state index contributed by atoms with van der Waals surface area (Å²) in [5, 5.41) is 11.4. The SMILES string of the molecule is FC(F)(F)c1ccnc(NCC2CN(c3ccc(-c4ccncc4)nn3)C2)n1. The number of aromatic nitrogens is 5. The number of pyridine rings is 1. The quantitative estimate of drug-likeness (QED) is 0.721. The highest BCUT2D eigenvalue weighted by atomic mass is 19.4. The zero-order chi connectivity index (χ0) is 19.6. The van der Waals surface area contributed by atoms with Crippen LogP contribution in [0.1, 0.15) is 5.69 Å². The van der Waals surface area contributed by atoms with E-state index in [9.17, 15) is 13.2 Å². The van der Waals surface area contributed by atoms with Gasteiger partial charge in [-0.15, -0.1) is 10.2 Å². The molecule has 0 spiro atoms. The second kappa shape index (κ2) is 7.37. The smallest absolute Gasteiger partial charge is 0.354 e. The third kappa shape index (κ3) is 4.00. The molecule has 0 amide bonds. The Labute approximate surface area is 158 Å². The van der Waals surface area contributed by atoms with Gasteiger partial charge in [-0.05, 0) is 30.3 Å². The van der Waals surface area contributed by atoms with Crippen molar-refractivity contribution in [3.8, 4) is 11.3 Å². The van der Waals surface area contributed by atoms with Gasteiger partial charge in [-0.1, -0.05) is 0 Å². The van der Waals surface area contributed by atoms with Crippen molar-refractivity contribution in [2.45, 2.75) is 6.18 Å². The van der Waals surface area contributed by atoms with Crippen molar-refractivity contribution >= 4 is 11.8 Å². The van der Waals surface area contributed by atoms with Gasteiger partial charge in [0.1, 0.15) is 5.69 Å². The molecule has 1 saturated heterocycles. The summed E-state index contributed by atoms with van der Waals surface area (Å²) in [4.78, 5) is 13.4. The third-order valence-corrected chi connectivity index (χ3v) is 4.40. The van der Waals surface area contributed by atoms with Gasteiger partial charge in [-0.3, -0.25) is 4.98 Å². The van der Waals surface area contributed by atoms with Crippen molar-refractivity contribution in [2.75, 3.05) is 29.9 Å². The van der Waals surface area contributed by atoms with Gasteiger partial charge in [0.05, 0.1) is 5.69 Å². The van der Waals surface area contributed by atoms with Gasteiger partial charge in [-0.2, -0.15) is 13.2 Å². The van der Waals surface area contributed by atoms with E-state index in [2.05, 4.69) is 35.4 Å². The molecule has 3 aromatic rings. The first kappa shape index (κ1) is 18.1. The van der Waals surface area contributed by atoms with Crippen molar-refractivity contribution in [3.05, 3.63) is 54.6 Å². The lowest BCUT2D eigenvalue weighted by Gasteiger charge is -2.39. The average molecular weight is 387 g/mol. The molecule has 4 heterocycles. The summed E-state index contributed by atoms with van der Waals surface area (Å²) in [6.45, 7) is 1.95. The van der Waals surface area contributed by atoms with Crippen molar-refractivity contribution in [1.29, 1.82) is 0 Å². The number of hydrogen-bond acceptors (Lipinski definition) is 7. The predicted molar refractivity (Wildman–Crippen MR) is 96.5 cm³/mol. The average Bonchev–Trinajstić information content (AvgIpc) is 2.67. The molecule has 1 fully saturated rings. The molecule has 4 rings (SSSR count). The largest absolute Gasteiger partial charge is 0.433 e. The number of rotatable bonds is 5. The Morgan fingerprint density at radius 2 is 1.79 bits per heavy atom. The second-order valence-corrected chi connectivity index (χ2v) is 6.43. The zero-order valence-electron chi connectivity index (χ0n) is 14.6. The molecule has 1 aliphatic rings. The summed E-state index contributed by atoms with van der Waals surface area (Å²) in [6, 6.07) is 8.39. The van der Waals surface area contributed by atoms with Crippen molar-refractivity contribution in [3.63, 3.8) is 0 Å². The molecule has 0 saturated carbocycles. The maximum absolute atomic E-state index is 12.7. The lowest BCUT2D eigenvalue weighted by molar-refractivity contribution is -0.141. The molecule has 0 aromatic carbocycles. The number of anilines is 2. The fourth-order valence-electron chi connectivity index (χ4n) is 2.89. The summed E-state index contributed by atoms with van der Waals surface area (Å²) in [5.74, 6) is 1.01. The number of alkyl halides is 3. The Morgan fingerprint density at radius 3 is 2.46 bits per heavy atom. The Morgan fingerprint density at radius 1 is 1.00 bits per heavy atom. The van der Waals surface area contributed by atoms with Crippen LogP contribution in [0, 0.1) is 5.92 Å². The number of hydrogen-bond donors (Lipinski definition) is 1. The summed E-state index contributed by atoms with van der Waals surface area (Å²) in [6.07, 6.45) is 0.0248. The van der Waals surface area contributed by atoms with E-state index in [1.165, 1.54) is 0 Å². The number of nitrogens with one attached hydrogen (secondary N) is 1.